The zero-order valence-corrected chi connectivity index (χ0v) is 6.56. The third-order valence-corrected chi connectivity index (χ3v) is 1.77. The maximum Gasteiger partial charge on any atom is 0.268 e. The molecule has 0 saturated carbocycles. The first kappa shape index (κ1) is 10.3. The van der Waals surface area contributed by atoms with E-state index in [-0.39, 0.29) is 6.08 Å². The fraction of sp³-hybridized carbons (Fsp3) is 0.250. The lowest BCUT2D eigenvalue weighted by molar-refractivity contribution is 0.194. The molecule has 0 aromatic carbocycles. The molecule has 0 aliphatic heterocycles. The van der Waals surface area contributed by atoms with Gasteiger partial charge < -0.3 is 0 Å². The average molecular weight is 202 g/mol. The van der Waals surface area contributed by atoms with Gasteiger partial charge in [0.15, 0.2) is 17.5 Å². The predicted molar refractivity (Wildman–Crippen MR) is 37.0 cm³/mol. The number of hydrogen-bond acceptors (Lipinski definition) is 2. The lowest BCUT2D eigenvalue weighted by Gasteiger charge is -2.22. The molecule has 1 aliphatic carbocycles. The first-order valence-electron chi connectivity index (χ1n) is 3.40. The molecular weight excluding hydrogens is 200 g/mol. The van der Waals surface area contributed by atoms with Crippen LogP contribution in [0.2, 0.25) is 0 Å². The second-order valence-corrected chi connectivity index (χ2v) is 2.57. The second kappa shape index (κ2) is 3.15. The Morgan fingerprint density at radius 2 is 1.86 bits per heavy atom. The van der Waals surface area contributed by atoms with E-state index in [1.54, 1.807) is 0 Å². The van der Waals surface area contributed by atoms with E-state index in [1.807, 2.05) is 0 Å². The number of hydrogen-bond donors (Lipinski definition) is 0. The van der Waals surface area contributed by atoms with Crippen LogP contribution >= 0.6 is 0 Å². The highest BCUT2D eigenvalue weighted by Gasteiger charge is 2.49. The van der Waals surface area contributed by atoms with Crippen LogP contribution in [0.5, 0.6) is 0 Å². The molecule has 0 radical (unpaired) electrons. The highest BCUT2D eigenvalue weighted by molar-refractivity contribution is 5.42. The van der Waals surface area contributed by atoms with E-state index in [9.17, 15) is 17.6 Å². The molecule has 0 heterocycles. The summed E-state index contributed by atoms with van der Waals surface area (Å²) >= 11 is 0. The zero-order valence-electron chi connectivity index (χ0n) is 6.56. The van der Waals surface area contributed by atoms with Gasteiger partial charge in [0.25, 0.3) is 5.67 Å². The fourth-order valence-corrected chi connectivity index (χ4v) is 0.980. The number of rotatable bonds is 0. The standard InChI is InChI=1S/C8H2F4N2/c9-5-1-4(2-13)8(12,3-14)7(11)6(5)10/h1,4H. The number of halogens is 4. The van der Waals surface area contributed by atoms with E-state index < -0.39 is 29.1 Å². The van der Waals surface area contributed by atoms with E-state index in [0.717, 1.165) is 6.07 Å². The Bertz CT molecular complexity index is 412. The van der Waals surface area contributed by atoms with Crippen molar-refractivity contribution in [1.82, 2.24) is 0 Å². The van der Waals surface area contributed by atoms with Crippen LogP contribution in [0, 0.1) is 28.6 Å². The molecule has 2 unspecified atom stereocenters. The summed E-state index contributed by atoms with van der Waals surface area (Å²) < 4.78 is 51.1. The van der Waals surface area contributed by atoms with Gasteiger partial charge in [-0.15, -0.1) is 0 Å². The Morgan fingerprint density at radius 3 is 2.29 bits per heavy atom. The molecule has 0 N–H and O–H groups in total. The molecular formula is C8H2F4N2. The van der Waals surface area contributed by atoms with Gasteiger partial charge in [0.2, 0.25) is 0 Å². The van der Waals surface area contributed by atoms with E-state index in [4.69, 9.17) is 10.5 Å². The van der Waals surface area contributed by atoms with Gasteiger partial charge in [-0.2, -0.15) is 10.5 Å². The lowest BCUT2D eigenvalue weighted by atomic mass is 9.86. The van der Waals surface area contributed by atoms with Crippen LogP contribution in [0.25, 0.3) is 0 Å². The Labute approximate surface area is 76.4 Å². The van der Waals surface area contributed by atoms with E-state index >= 15 is 0 Å². The molecule has 6 heteroatoms. The third-order valence-electron chi connectivity index (χ3n) is 1.77. The smallest absolute Gasteiger partial charge is 0.217 e. The summed E-state index contributed by atoms with van der Waals surface area (Å²) in [6.45, 7) is 0. The van der Waals surface area contributed by atoms with Gasteiger partial charge >= 0.3 is 0 Å². The average Bonchev–Trinajstić information content (AvgIpc) is 2.20. The third kappa shape index (κ3) is 1.16. The van der Waals surface area contributed by atoms with Crippen molar-refractivity contribution in [1.29, 1.82) is 10.5 Å². The van der Waals surface area contributed by atoms with Crippen LogP contribution in [-0.4, -0.2) is 5.67 Å². The lowest BCUT2D eigenvalue weighted by Crippen LogP contribution is -2.33. The largest absolute Gasteiger partial charge is 0.268 e. The number of alkyl halides is 1. The molecule has 0 bridgehead atoms. The van der Waals surface area contributed by atoms with Crippen LogP contribution in [-0.2, 0) is 0 Å². The van der Waals surface area contributed by atoms with Crippen molar-refractivity contribution in [2.24, 2.45) is 5.92 Å². The monoisotopic (exact) mass is 202 g/mol. The Hall–Kier alpha value is -1.82. The van der Waals surface area contributed by atoms with Gasteiger partial charge in [0.1, 0.15) is 12.0 Å². The minimum atomic E-state index is -3.44. The molecule has 0 amide bonds. The minimum absolute atomic E-state index is 0.238. The molecule has 14 heavy (non-hydrogen) atoms. The van der Waals surface area contributed by atoms with E-state index in [2.05, 4.69) is 0 Å². The molecule has 0 saturated heterocycles. The van der Waals surface area contributed by atoms with Crippen LogP contribution in [0.15, 0.2) is 23.6 Å². The van der Waals surface area contributed by atoms with Crippen LogP contribution in [0.3, 0.4) is 0 Å². The quantitative estimate of drug-likeness (QED) is 0.566. The molecule has 1 rings (SSSR count). The van der Waals surface area contributed by atoms with Crippen molar-refractivity contribution in [3.8, 4) is 12.1 Å². The van der Waals surface area contributed by atoms with Gasteiger partial charge in [-0.3, -0.25) is 0 Å². The molecule has 2 nitrogen and oxygen atoms in total. The zero-order chi connectivity index (χ0) is 10.9. The van der Waals surface area contributed by atoms with Crippen molar-refractivity contribution in [3.63, 3.8) is 0 Å². The van der Waals surface area contributed by atoms with E-state index in [0.29, 0.717) is 0 Å². The molecule has 2 atom stereocenters. The van der Waals surface area contributed by atoms with E-state index in [1.165, 1.54) is 6.07 Å². The topological polar surface area (TPSA) is 47.6 Å². The highest BCUT2D eigenvalue weighted by atomic mass is 19.2. The predicted octanol–water partition coefficient (Wildman–Crippen LogP) is 2.38. The normalized spacial score (nSPS) is 31.9. The summed E-state index contributed by atoms with van der Waals surface area (Å²) in [6, 6.07) is 1.98. The SMILES string of the molecule is N#CC1C=C(F)C(F)=C(F)C1(F)C#N. The van der Waals surface area contributed by atoms with Gasteiger partial charge in [-0.25, -0.2) is 17.6 Å². The maximum atomic E-state index is 13.3. The maximum absolute atomic E-state index is 13.3. The summed E-state index contributed by atoms with van der Waals surface area (Å²) in [5, 5.41) is 16.6. The van der Waals surface area contributed by atoms with Gasteiger partial charge in [-0.1, -0.05) is 0 Å². The van der Waals surface area contributed by atoms with Gasteiger partial charge in [0.05, 0.1) is 6.07 Å². The number of allylic oxidation sites excluding steroid dienone is 4. The van der Waals surface area contributed by atoms with Gasteiger partial charge in [0, 0.05) is 0 Å². The first-order chi connectivity index (χ1) is 6.47. The van der Waals surface area contributed by atoms with Crippen molar-refractivity contribution in [2.75, 3.05) is 0 Å². The Morgan fingerprint density at radius 1 is 1.29 bits per heavy atom. The highest BCUT2D eigenvalue weighted by Crippen LogP contribution is 2.41. The summed E-state index contributed by atoms with van der Waals surface area (Å²) in [4.78, 5) is 0. The summed E-state index contributed by atoms with van der Waals surface area (Å²) in [7, 11) is 0. The number of nitrogens with zero attached hydrogens (tertiary/aromatic N) is 2. The van der Waals surface area contributed by atoms with Gasteiger partial charge in [-0.05, 0) is 6.08 Å². The summed E-state index contributed by atoms with van der Waals surface area (Å²) in [6.07, 6.45) is 0.238. The van der Waals surface area contributed by atoms with Crippen LogP contribution < -0.4 is 0 Å². The van der Waals surface area contributed by atoms with Crippen molar-refractivity contribution >= 4 is 0 Å². The molecule has 1 aliphatic rings. The Kier molecular flexibility index (Phi) is 2.31. The van der Waals surface area contributed by atoms with Crippen LogP contribution in [0.1, 0.15) is 0 Å². The summed E-state index contributed by atoms with van der Waals surface area (Å²) in [5.74, 6) is -7.91. The van der Waals surface area contributed by atoms with Crippen molar-refractivity contribution in [3.05, 3.63) is 23.6 Å². The Balaban J connectivity index is 3.37. The molecule has 72 valence electrons. The fourth-order valence-electron chi connectivity index (χ4n) is 0.980. The van der Waals surface area contributed by atoms with Crippen molar-refractivity contribution < 1.29 is 17.6 Å². The summed E-state index contributed by atoms with van der Waals surface area (Å²) in [5.41, 5.74) is -3.44. The molecule has 0 spiro atoms. The molecule has 0 aromatic heterocycles. The minimum Gasteiger partial charge on any atom is -0.217 e. The number of nitriles is 2. The molecule has 0 fully saturated rings. The molecule has 0 aromatic rings. The van der Waals surface area contributed by atoms with Crippen LogP contribution in [0.4, 0.5) is 17.6 Å². The second-order valence-electron chi connectivity index (χ2n) is 2.57. The first-order valence-corrected chi connectivity index (χ1v) is 3.40. The van der Waals surface area contributed by atoms with Crippen molar-refractivity contribution in [2.45, 2.75) is 5.67 Å².